The van der Waals surface area contributed by atoms with Crippen LogP contribution in [-0.2, 0) is 0 Å². The Bertz CT molecular complexity index is 604. The molecule has 0 spiro atoms. The Morgan fingerprint density at radius 1 is 1.33 bits per heavy atom. The first-order chi connectivity index (χ1) is 7.26. The molecule has 1 heterocycles. The largest absolute Gasteiger partial charge is 0.203 e. The molecule has 0 bridgehead atoms. The highest BCUT2D eigenvalue weighted by molar-refractivity contribution is 8.76. The van der Waals surface area contributed by atoms with E-state index in [1.54, 1.807) is 10.8 Å². The molecule has 0 radical (unpaired) electrons. The minimum absolute atomic E-state index is 0.151. The maximum Gasteiger partial charge on any atom is 0.136 e. The van der Waals surface area contributed by atoms with Gasteiger partial charge in [-0.25, -0.2) is 4.40 Å². The van der Waals surface area contributed by atoms with E-state index >= 15 is 0 Å². The van der Waals surface area contributed by atoms with Crippen LogP contribution in [0, 0.1) is 29.6 Å². The van der Waals surface area contributed by atoms with Crippen molar-refractivity contribution in [3.63, 3.8) is 0 Å². The lowest BCUT2D eigenvalue weighted by Crippen LogP contribution is -2.15. The summed E-state index contributed by atoms with van der Waals surface area (Å²) in [5.41, 5.74) is 1.15. The van der Waals surface area contributed by atoms with Gasteiger partial charge >= 0.3 is 0 Å². The second kappa shape index (κ2) is 3.98. The predicted octanol–water partition coefficient (Wildman–Crippen LogP) is 1.48. The van der Waals surface area contributed by atoms with E-state index in [0.717, 1.165) is 15.8 Å². The van der Waals surface area contributed by atoms with Gasteiger partial charge in [-0.15, -0.1) is 0 Å². The summed E-state index contributed by atoms with van der Waals surface area (Å²) < 4.78 is 4.26. The summed E-state index contributed by atoms with van der Waals surface area (Å²) in [4.78, 5) is 1.03. The second-order valence-electron chi connectivity index (χ2n) is 2.99. The molecule has 0 atom stereocenters. The van der Waals surface area contributed by atoms with Crippen LogP contribution in [0.2, 0.25) is 0 Å². The van der Waals surface area contributed by atoms with E-state index in [2.05, 4.69) is 4.40 Å². The van der Waals surface area contributed by atoms with Gasteiger partial charge in [-0.3, -0.25) is 0 Å². The molecule has 0 saturated heterocycles. The van der Waals surface area contributed by atoms with E-state index in [9.17, 15) is 0 Å². The second-order valence-corrected chi connectivity index (χ2v) is 4.87. The van der Waals surface area contributed by atoms with Crippen molar-refractivity contribution in [1.82, 2.24) is 0 Å². The highest BCUT2D eigenvalue weighted by Crippen LogP contribution is 2.33. The Kier molecular flexibility index (Phi) is 2.68. The molecule has 0 N–H and O–H groups in total. The minimum Gasteiger partial charge on any atom is -0.203 e. The average Bonchev–Trinajstić information content (AvgIpc) is 2.68. The first-order valence-corrected chi connectivity index (χ1v) is 6.24. The smallest absolute Gasteiger partial charge is 0.136 e. The zero-order valence-corrected chi connectivity index (χ0v) is 9.45. The SMILES string of the molecule is Cc1cc(=C(C#N)C#N)cc2c1=NSS2. The summed E-state index contributed by atoms with van der Waals surface area (Å²) >= 11 is 0. The number of aryl methyl sites for hydroxylation is 1. The molecular weight excluding hydrogens is 226 g/mol. The maximum absolute atomic E-state index is 8.77. The van der Waals surface area contributed by atoms with E-state index in [4.69, 9.17) is 10.5 Å². The molecule has 2 rings (SSSR count). The third kappa shape index (κ3) is 1.72. The number of rotatable bonds is 0. The molecule has 0 unspecified atom stereocenters. The molecule has 0 fully saturated rings. The van der Waals surface area contributed by atoms with E-state index in [1.807, 2.05) is 31.2 Å². The fraction of sp³-hybridized carbons (Fsp3) is 0.100. The molecular formula is C10H5N3S2. The predicted molar refractivity (Wildman–Crippen MR) is 60.0 cm³/mol. The lowest BCUT2D eigenvalue weighted by molar-refractivity contribution is 1.21. The summed E-state index contributed by atoms with van der Waals surface area (Å²) in [5.74, 6) is 0. The first kappa shape index (κ1) is 10.1. The number of benzene rings is 1. The topological polar surface area (TPSA) is 59.9 Å². The van der Waals surface area contributed by atoms with E-state index in [-0.39, 0.29) is 5.57 Å². The van der Waals surface area contributed by atoms with Crippen molar-refractivity contribution < 1.29 is 0 Å². The minimum atomic E-state index is 0.151. The number of hydrogen-bond acceptors (Lipinski definition) is 5. The van der Waals surface area contributed by atoms with Gasteiger partial charge in [0.2, 0.25) is 0 Å². The highest BCUT2D eigenvalue weighted by atomic mass is 33.1. The number of hydrogen-bond donors (Lipinski definition) is 0. The molecule has 0 aliphatic carbocycles. The third-order valence-electron chi connectivity index (χ3n) is 2.03. The summed E-state index contributed by atoms with van der Waals surface area (Å²) in [6.07, 6.45) is 0. The van der Waals surface area contributed by atoms with Gasteiger partial charge < -0.3 is 0 Å². The van der Waals surface area contributed by atoms with Gasteiger partial charge in [0.15, 0.2) is 0 Å². The van der Waals surface area contributed by atoms with Gasteiger partial charge in [-0.2, -0.15) is 10.5 Å². The van der Waals surface area contributed by atoms with Gasteiger partial charge in [-0.1, -0.05) is 0 Å². The van der Waals surface area contributed by atoms with E-state index < -0.39 is 0 Å². The maximum atomic E-state index is 8.77. The Labute approximate surface area is 94.7 Å². The molecule has 0 aromatic heterocycles. The van der Waals surface area contributed by atoms with Crippen molar-refractivity contribution in [2.45, 2.75) is 11.8 Å². The molecule has 3 nitrogen and oxygen atoms in total. The van der Waals surface area contributed by atoms with Gasteiger partial charge in [0.05, 0.1) is 5.36 Å². The van der Waals surface area contributed by atoms with E-state index in [0.29, 0.717) is 5.22 Å². The summed E-state index contributed by atoms with van der Waals surface area (Å²) in [6, 6.07) is 7.47. The van der Waals surface area contributed by atoms with Crippen LogP contribution in [0.5, 0.6) is 0 Å². The molecule has 15 heavy (non-hydrogen) atoms. The number of nitriles is 2. The Balaban J connectivity index is 2.84. The lowest BCUT2D eigenvalue weighted by Gasteiger charge is -1.95. The Hall–Kier alpha value is -1.43. The van der Waals surface area contributed by atoms with Crippen molar-refractivity contribution in [3.8, 4) is 12.1 Å². The van der Waals surface area contributed by atoms with Crippen molar-refractivity contribution in [2.24, 2.45) is 4.40 Å². The molecule has 1 aliphatic rings. The molecule has 1 aromatic carbocycles. The Morgan fingerprint density at radius 2 is 2.07 bits per heavy atom. The van der Waals surface area contributed by atoms with Crippen LogP contribution < -0.4 is 10.6 Å². The van der Waals surface area contributed by atoms with Crippen LogP contribution in [0.1, 0.15) is 5.56 Å². The van der Waals surface area contributed by atoms with Crippen molar-refractivity contribution >= 4 is 27.3 Å². The third-order valence-corrected chi connectivity index (χ3v) is 3.84. The Morgan fingerprint density at radius 3 is 2.73 bits per heavy atom. The van der Waals surface area contributed by atoms with Crippen LogP contribution in [0.15, 0.2) is 21.4 Å². The standard InChI is InChI=1S/C10H5N3S2/c1-6-2-7(8(4-11)5-12)3-9-10(6)13-15-14-9/h2-3H,1H3. The zero-order chi connectivity index (χ0) is 10.8. The van der Waals surface area contributed by atoms with Gasteiger partial charge in [0, 0.05) is 21.1 Å². The fourth-order valence-corrected chi connectivity index (χ4v) is 3.23. The normalized spacial score (nSPS) is 12.2. The quantitative estimate of drug-likeness (QED) is 0.501. The molecule has 1 aliphatic heterocycles. The monoisotopic (exact) mass is 231 g/mol. The molecule has 1 aromatic rings. The number of nitrogens with zero attached hydrogens (tertiary/aromatic N) is 3. The van der Waals surface area contributed by atoms with E-state index in [1.165, 1.54) is 11.0 Å². The van der Waals surface area contributed by atoms with Crippen LogP contribution in [0.25, 0.3) is 5.57 Å². The van der Waals surface area contributed by atoms with Gasteiger partial charge in [0.25, 0.3) is 0 Å². The van der Waals surface area contributed by atoms with Crippen LogP contribution in [0.4, 0.5) is 0 Å². The summed E-state index contributed by atoms with van der Waals surface area (Å²) in [7, 11) is 2.97. The van der Waals surface area contributed by atoms with Crippen LogP contribution in [-0.4, -0.2) is 0 Å². The summed E-state index contributed by atoms with van der Waals surface area (Å²) in [6.45, 7) is 1.94. The first-order valence-electron chi connectivity index (χ1n) is 4.13. The average molecular weight is 231 g/mol. The molecule has 5 heteroatoms. The molecule has 72 valence electrons. The van der Waals surface area contributed by atoms with Gasteiger partial charge in [0.1, 0.15) is 17.7 Å². The number of fused-ring (bicyclic) bond motifs is 1. The zero-order valence-electron chi connectivity index (χ0n) is 7.81. The highest BCUT2D eigenvalue weighted by Gasteiger charge is 2.09. The van der Waals surface area contributed by atoms with Gasteiger partial charge in [-0.05, 0) is 35.4 Å². The fourth-order valence-electron chi connectivity index (χ4n) is 1.32. The summed E-state index contributed by atoms with van der Waals surface area (Å²) in [5, 5.41) is 19.2. The van der Waals surface area contributed by atoms with Crippen molar-refractivity contribution in [1.29, 1.82) is 10.5 Å². The van der Waals surface area contributed by atoms with Crippen LogP contribution in [0.3, 0.4) is 0 Å². The molecule has 0 amide bonds. The molecule has 0 saturated carbocycles. The van der Waals surface area contributed by atoms with Crippen molar-refractivity contribution in [2.75, 3.05) is 0 Å². The lowest BCUT2D eigenvalue weighted by atomic mass is 10.1. The van der Waals surface area contributed by atoms with Crippen LogP contribution >= 0.6 is 21.8 Å². The van der Waals surface area contributed by atoms with Crippen molar-refractivity contribution in [3.05, 3.63) is 28.3 Å².